The molecule has 1 N–H and O–H groups in total. The van der Waals surface area contributed by atoms with Gasteiger partial charge in [-0.05, 0) is 13.8 Å². The number of hydrogen-bond acceptors (Lipinski definition) is 5. The molecular formula is C10H9ClF2N2O5S. The molecule has 0 aliphatic rings. The summed E-state index contributed by atoms with van der Waals surface area (Å²) in [5.74, 6) is -4.89. The summed E-state index contributed by atoms with van der Waals surface area (Å²) in [6, 6.07) is -0.411. The molecule has 0 saturated heterocycles. The fraction of sp³-hybridized carbons (Fsp3) is 0.300. The van der Waals surface area contributed by atoms with Gasteiger partial charge in [0.15, 0.2) is 5.82 Å². The van der Waals surface area contributed by atoms with Crippen molar-refractivity contribution in [1.29, 1.82) is 0 Å². The number of nitro groups is 1. The third kappa shape index (κ3) is 3.64. The minimum Gasteiger partial charge on any atom is -0.350 e. The van der Waals surface area contributed by atoms with E-state index < -0.39 is 53.7 Å². The number of benzene rings is 1. The van der Waals surface area contributed by atoms with Crippen molar-refractivity contribution in [2.45, 2.75) is 24.8 Å². The Labute approximate surface area is 122 Å². The van der Waals surface area contributed by atoms with Gasteiger partial charge in [0.2, 0.25) is 5.82 Å². The van der Waals surface area contributed by atoms with Crippen molar-refractivity contribution in [2.75, 3.05) is 0 Å². The first-order chi connectivity index (χ1) is 9.46. The molecular weight excluding hydrogens is 334 g/mol. The van der Waals surface area contributed by atoms with E-state index in [9.17, 15) is 32.1 Å². The van der Waals surface area contributed by atoms with Gasteiger partial charge in [0.25, 0.3) is 15.0 Å². The average molecular weight is 343 g/mol. The number of hydrogen-bond donors (Lipinski definition) is 1. The number of nitrogens with one attached hydrogen (secondary N) is 1. The van der Waals surface area contributed by atoms with Crippen LogP contribution in [0.4, 0.5) is 14.5 Å². The highest BCUT2D eigenvalue weighted by Gasteiger charge is 2.33. The summed E-state index contributed by atoms with van der Waals surface area (Å²) in [5, 5.41) is 12.8. The lowest BCUT2D eigenvalue weighted by Gasteiger charge is -2.11. The Morgan fingerprint density at radius 2 is 1.90 bits per heavy atom. The first-order valence-corrected chi connectivity index (χ1v) is 7.69. The van der Waals surface area contributed by atoms with Crippen molar-refractivity contribution < 1.29 is 26.9 Å². The molecule has 0 aromatic heterocycles. The topological polar surface area (TPSA) is 106 Å². The van der Waals surface area contributed by atoms with Gasteiger partial charge < -0.3 is 5.32 Å². The molecule has 116 valence electrons. The van der Waals surface area contributed by atoms with Crippen LogP contribution in [-0.4, -0.2) is 25.3 Å². The molecule has 0 bridgehead atoms. The summed E-state index contributed by atoms with van der Waals surface area (Å²) < 4.78 is 50.2. The molecule has 7 nitrogen and oxygen atoms in total. The van der Waals surface area contributed by atoms with Gasteiger partial charge in [0.1, 0.15) is 10.5 Å². The van der Waals surface area contributed by atoms with E-state index in [1.807, 2.05) is 0 Å². The number of carbonyl (C=O) groups is 1. The molecule has 1 amide bonds. The van der Waals surface area contributed by atoms with E-state index in [1.165, 1.54) is 13.8 Å². The molecule has 1 rings (SSSR count). The quantitative estimate of drug-likeness (QED) is 0.511. The number of carbonyl (C=O) groups excluding carboxylic acids is 1. The molecule has 0 aliphatic carbocycles. The number of halogens is 3. The average Bonchev–Trinajstić information content (AvgIpc) is 2.25. The SMILES string of the molecule is CC(C)NC(=O)c1c(F)c([N+](=O)[O-])cc(S(=O)(=O)Cl)c1F. The van der Waals surface area contributed by atoms with Gasteiger partial charge in [-0.1, -0.05) is 0 Å². The van der Waals surface area contributed by atoms with Crippen LogP contribution in [0.2, 0.25) is 0 Å². The number of nitrogens with zero attached hydrogens (tertiary/aromatic N) is 1. The van der Waals surface area contributed by atoms with Crippen LogP contribution >= 0.6 is 10.7 Å². The molecule has 0 heterocycles. The third-order valence-electron chi connectivity index (χ3n) is 2.25. The van der Waals surface area contributed by atoms with E-state index in [0.29, 0.717) is 0 Å². The maximum Gasteiger partial charge on any atom is 0.307 e. The van der Waals surface area contributed by atoms with Crippen LogP contribution in [-0.2, 0) is 9.05 Å². The van der Waals surface area contributed by atoms with Crippen LogP contribution in [0.25, 0.3) is 0 Å². The lowest BCUT2D eigenvalue weighted by Crippen LogP contribution is -2.32. The minimum absolute atomic E-state index is 0.124. The lowest BCUT2D eigenvalue weighted by atomic mass is 10.1. The van der Waals surface area contributed by atoms with Crippen molar-refractivity contribution >= 4 is 31.3 Å². The van der Waals surface area contributed by atoms with E-state index in [2.05, 4.69) is 5.32 Å². The standard InChI is InChI=1S/C10H9ClF2N2O5S/c1-4(2)14-10(16)7-8(12)5(15(17)18)3-6(9(7)13)21(11,19)20/h3-4H,1-2H3,(H,14,16). The summed E-state index contributed by atoms with van der Waals surface area (Å²) in [7, 11) is 0.186. The van der Waals surface area contributed by atoms with E-state index in [0.717, 1.165) is 0 Å². The van der Waals surface area contributed by atoms with Gasteiger partial charge in [-0.25, -0.2) is 12.8 Å². The van der Waals surface area contributed by atoms with Crippen molar-refractivity contribution in [3.8, 4) is 0 Å². The molecule has 0 fully saturated rings. The van der Waals surface area contributed by atoms with Crippen LogP contribution in [0.1, 0.15) is 24.2 Å². The van der Waals surface area contributed by atoms with Gasteiger partial charge in [-0.2, -0.15) is 4.39 Å². The monoisotopic (exact) mass is 342 g/mol. The van der Waals surface area contributed by atoms with E-state index in [4.69, 9.17) is 10.7 Å². The zero-order valence-electron chi connectivity index (χ0n) is 10.7. The number of nitro benzene ring substituents is 1. The Kier molecular flexibility index (Phi) is 4.84. The van der Waals surface area contributed by atoms with Crippen LogP contribution in [0.15, 0.2) is 11.0 Å². The largest absolute Gasteiger partial charge is 0.350 e. The molecule has 0 atom stereocenters. The zero-order chi connectivity index (χ0) is 16.5. The van der Waals surface area contributed by atoms with E-state index in [-0.39, 0.29) is 6.07 Å². The minimum atomic E-state index is -4.74. The van der Waals surface area contributed by atoms with Crippen LogP contribution in [0.5, 0.6) is 0 Å². The first-order valence-electron chi connectivity index (χ1n) is 5.38. The molecule has 1 aromatic carbocycles. The molecule has 0 unspecified atom stereocenters. The van der Waals surface area contributed by atoms with E-state index >= 15 is 0 Å². The predicted molar refractivity (Wildman–Crippen MR) is 68.7 cm³/mol. The second-order valence-electron chi connectivity index (χ2n) is 4.22. The Balaban J connectivity index is 3.73. The second kappa shape index (κ2) is 5.90. The molecule has 0 saturated carbocycles. The highest BCUT2D eigenvalue weighted by atomic mass is 35.7. The number of rotatable bonds is 4. The maximum absolute atomic E-state index is 14.0. The smallest absolute Gasteiger partial charge is 0.307 e. The molecule has 0 aliphatic heterocycles. The molecule has 11 heteroatoms. The summed E-state index contributed by atoms with van der Waals surface area (Å²) in [5.41, 5.74) is -2.75. The maximum atomic E-state index is 14.0. The van der Waals surface area contributed by atoms with E-state index in [1.54, 1.807) is 0 Å². The predicted octanol–water partition coefficient (Wildman–Crippen LogP) is 1.94. The van der Waals surface area contributed by atoms with Crippen molar-refractivity contribution in [3.05, 3.63) is 33.4 Å². The molecule has 21 heavy (non-hydrogen) atoms. The van der Waals surface area contributed by atoms with Crippen LogP contribution in [0.3, 0.4) is 0 Å². The summed E-state index contributed by atoms with van der Waals surface area (Å²) in [6.45, 7) is 2.95. The Morgan fingerprint density at radius 3 is 2.29 bits per heavy atom. The van der Waals surface area contributed by atoms with Gasteiger partial charge in [-0.15, -0.1) is 0 Å². The normalized spacial score (nSPS) is 11.5. The van der Waals surface area contributed by atoms with Gasteiger partial charge in [0, 0.05) is 22.8 Å². The second-order valence-corrected chi connectivity index (χ2v) is 6.75. The Morgan fingerprint density at radius 1 is 1.38 bits per heavy atom. The highest BCUT2D eigenvalue weighted by Crippen LogP contribution is 2.31. The highest BCUT2D eigenvalue weighted by molar-refractivity contribution is 8.13. The van der Waals surface area contributed by atoms with Crippen molar-refractivity contribution in [3.63, 3.8) is 0 Å². The fourth-order valence-electron chi connectivity index (χ4n) is 1.44. The van der Waals surface area contributed by atoms with Gasteiger partial charge in [0.05, 0.1) is 4.92 Å². The Bertz CT molecular complexity index is 721. The number of amides is 1. The van der Waals surface area contributed by atoms with Crippen molar-refractivity contribution in [1.82, 2.24) is 5.32 Å². The Hall–Kier alpha value is -1.81. The van der Waals surface area contributed by atoms with Crippen LogP contribution < -0.4 is 5.32 Å². The lowest BCUT2D eigenvalue weighted by molar-refractivity contribution is -0.387. The summed E-state index contributed by atoms with van der Waals surface area (Å²) in [4.78, 5) is 19.8. The summed E-state index contributed by atoms with van der Waals surface area (Å²) >= 11 is 0. The summed E-state index contributed by atoms with van der Waals surface area (Å²) in [6.07, 6.45) is 0. The van der Waals surface area contributed by atoms with Gasteiger partial charge in [-0.3, -0.25) is 14.9 Å². The fourth-order valence-corrected chi connectivity index (χ4v) is 2.35. The molecule has 0 radical (unpaired) electrons. The van der Waals surface area contributed by atoms with Crippen LogP contribution in [0, 0.1) is 21.7 Å². The molecule has 0 spiro atoms. The van der Waals surface area contributed by atoms with Gasteiger partial charge >= 0.3 is 5.69 Å². The first kappa shape index (κ1) is 17.2. The van der Waals surface area contributed by atoms with Crippen molar-refractivity contribution in [2.24, 2.45) is 0 Å². The zero-order valence-corrected chi connectivity index (χ0v) is 12.3. The third-order valence-corrected chi connectivity index (χ3v) is 3.58. The molecule has 1 aromatic rings.